The van der Waals surface area contributed by atoms with Crippen LogP contribution in [0.15, 0.2) is 48.7 Å². The number of hydrogen-bond donors (Lipinski definition) is 1. The van der Waals surface area contributed by atoms with Gasteiger partial charge in [-0.15, -0.1) is 0 Å². The van der Waals surface area contributed by atoms with Gasteiger partial charge in [0.2, 0.25) is 0 Å². The number of rotatable bonds is 6. The fourth-order valence-corrected chi connectivity index (χ4v) is 2.71. The maximum atomic E-state index is 12.6. The Labute approximate surface area is 171 Å². The number of ether oxygens (including phenoxy) is 1. The number of benzene rings is 2. The van der Waals surface area contributed by atoms with Crippen LogP contribution >= 0.6 is 23.2 Å². The number of nitro groups is 1. The minimum Gasteiger partial charge on any atom is -0.455 e. The van der Waals surface area contributed by atoms with Crippen molar-refractivity contribution < 1.29 is 23.2 Å². The normalized spacial score (nSPS) is 10.8. The number of hydrogen-bond acceptors (Lipinski definition) is 5. The second-order valence-corrected chi connectivity index (χ2v) is 6.41. The topological polar surface area (TPSA) is 99.3 Å². The van der Waals surface area contributed by atoms with E-state index >= 15 is 0 Å². The number of carbonyl (C=O) groups is 1. The fraction of sp³-hybridized carbons (Fsp3) is 0.0588. The van der Waals surface area contributed by atoms with Crippen molar-refractivity contribution in [3.8, 4) is 11.5 Å². The molecule has 1 heterocycles. The number of anilines is 1. The first-order chi connectivity index (χ1) is 13.7. The molecule has 0 radical (unpaired) electrons. The molecule has 3 aromatic rings. The Bertz CT molecular complexity index is 1090. The third-order valence-electron chi connectivity index (χ3n) is 3.52. The number of nitrogens with one attached hydrogen (secondary N) is 1. The van der Waals surface area contributed by atoms with Gasteiger partial charge in [0, 0.05) is 23.4 Å². The SMILES string of the molecule is O=C(Nc1cc(Oc2ccc(Cl)cc2Cl)cc([N+](=O)[O-])c1)c1ccn(C(F)F)n1. The van der Waals surface area contributed by atoms with Crippen LogP contribution in [0.5, 0.6) is 11.5 Å². The average Bonchev–Trinajstić information content (AvgIpc) is 3.14. The van der Waals surface area contributed by atoms with Crippen molar-refractivity contribution in [2.45, 2.75) is 6.55 Å². The molecule has 0 saturated carbocycles. The molecular formula is C17H10Cl2F2N4O4. The van der Waals surface area contributed by atoms with Crippen molar-refractivity contribution in [3.63, 3.8) is 0 Å². The first kappa shape index (κ1) is 20.5. The lowest BCUT2D eigenvalue weighted by atomic mass is 10.2. The van der Waals surface area contributed by atoms with Gasteiger partial charge in [-0.2, -0.15) is 13.9 Å². The lowest BCUT2D eigenvalue weighted by molar-refractivity contribution is -0.384. The Hall–Kier alpha value is -3.24. The first-order valence-corrected chi connectivity index (χ1v) is 8.55. The van der Waals surface area contributed by atoms with Crippen molar-refractivity contribution in [1.82, 2.24) is 9.78 Å². The molecule has 0 aliphatic rings. The Balaban J connectivity index is 1.88. The highest BCUT2D eigenvalue weighted by Gasteiger charge is 2.17. The summed E-state index contributed by atoms with van der Waals surface area (Å²) in [7, 11) is 0. The largest absolute Gasteiger partial charge is 0.455 e. The summed E-state index contributed by atoms with van der Waals surface area (Å²) in [5.41, 5.74) is -0.670. The highest BCUT2D eigenvalue weighted by Crippen LogP contribution is 2.34. The number of carbonyl (C=O) groups excluding carboxylic acids is 1. The zero-order valence-corrected chi connectivity index (χ0v) is 15.7. The van der Waals surface area contributed by atoms with Crippen LogP contribution in [0, 0.1) is 10.1 Å². The number of nitro benzene ring substituents is 1. The van der Waals surface area contributed by atoms with E-state index in [9.17, 15) is 23.7 Å². The van der Waals surface area contributed by atoms with E-state index in [1.165, 1.54) is 24.3 Å². The third-order valence-corrected chi connectivity index (χ3v) is 4.05. The molecule has 0 aliphatic heterocycles. The van der Waals surface area contributed by atoms with Crippen LogP contribution in [0.4, 0.5) is 20.2 Å². The molecule has 12 heteroatoms. The summed E-state index contributed by atoms with van der Waals surface area (Å²) < 4.78 is 31.0. The quantitative estimate of drug-likeness (QED) is 0.399. The molecular weight excluding hydrogens is 433 g/mol. The lowest BCUT2D eigenvalue weighted by Gasteiger charge is -2.10. The molecule has 0 bridgehead atoms. The Kier molecular flexibility index (Phi) is 5.95. The Morgan fingerprint density at radius 1 is 1.21 bits per heavy atom. The van der Waals surface area contributed by atoms with Gasteiger partial charge in [0.1, 0.15) is 11.5 Å². The first-order valence-electron chi connectivity index (χ1n) is 7.80. The maximum Gasteiger partial charge on any atom is 0.333 e. The Morgan fingerprint density at radius 3 is 2.59 bits per heavy atom. The van der Waals surface area contributed by atoms with Gasteiger partial charge < -0.3 is 10.1 Å². The van der Waals surface area contributed by atoms with Crippen LogP contribution in [0.25, 0.3) is 0 Å². The molecule has 1 N–H and O–H groups in total. The van der Waals surface area contributed by atoms with E-state index < -0.39 is 17.4 Å². The Morgan fingerprint density at radius 2 is 1.97 bits per heavy atom. The summed E-state index contributed by atoms with van der Waals surface area (Å²) in [6.45, 7) is -2.90. The molecule has 1 amide bonds. The molecule has 8 nitrogen and oxygen atoms in total. The zero-order valence-electron chi connectivity index (χ0n) is 14.2. The van der Waals surface area contributed by atoms with Crippen LogP contribution in [0.2, 0.25) is 10.0 Å². The molecule has 0 fully saturated rings. The van der Waals surface area contributed by atoms with Gasteiger partial charge in [-0.1, -0.05) is 23.2 Å². The standard InChI is InChI=1S/C17H10Cl2F2N4O4/c18-9-1-2-15(13(19)5-9)29-12-7-10(6-11(8-12)25(27)28)22-16(26)14-3-4-24(23-14)17(20)21/h1-8,17H,(H,22,26). The van der Waals surface area contributed by atoms with Gasteiger partial charge in [-0.3, -0.25) is 14.9 Å². The maximum absolute atomic E-state index is 12.6. The lowest BCUT2D eigenvalue weighted by Crippen LogP contribution is -2.13. The van der Waals surface area contributed by atoms with E-state index in [0.29, 0.717) is 9.70 Å². The number of amides is 1. The van der Waals surface area contributed by atoms with Gasteiger partial charge in [-0.05, 0) is 24.3 Å². The summed E-state index contributed by atoms with van der Waals surface area (Å²) in [4.78, 5) is 22.7. The van der Waals surface area contributed by atoms with Crippen LogP contribution < -0.4 is 10.1 Å². The van der Waals surface area contributed by atoms with Gasteiger partial charge in [0.05, 0.1) is 21.7 Å². The number of nitrogens with zero attached hydrogens (tertiary/aromatic N) is 3. The third kappa shape index (κ3) is 4.98. The average molecular weight is 443 g/mol. The van der Waals surface area contributed by atoms with E-state index in [1.54, 1.807) is 0 Å². The van der Waals surface area contributed by atoms with Crippen molar-refractivity contribution >= 4 is 40.5 Å². The smallest absolute Gasteiger partial charge is 0.333 e. The van der Waals surface area contributed by atoms with Gasteiger partial charge in [-0.25, -0.2) is 4.68 Å². The minimum absolute atomic E-state index is 0.00381. The van der Waals surface area contributed by atoms with Crippen molar-refractivity contribution in [2.24, 2.45) is 0 Å². The van der Waals surface area contributed by atoms with E-state index in [-0.39, 0.29) is 33.6 Å². The molecule has 0 atom stereocenters. The predicted octanol–water partition coefficient (Wildman–Crippen LogP) is 5.54. The van der Waals surface area contributed by atoms with Crippen LogP contribution in [-0.4, -0.2) is 20.6 Å². The molecule has 0 saturated heterocycles. The monoisotopic (exact) mass is 442 g/mol. The summed E-state index contributed by atoms with van der Waals surface area (Å²) in [6, 6.07) is 9.02. The predicted molar refractivity (Wildman–Crippen MR) is 101 cm³/mol. The van der Waals surface area contributed by atoms with Crippen LogP contribution in [-0.2, 0) is 0 Å². The van der Waals surface area contributed by atoms with Crippen molar-refractivity contribution in [2.75, 3.05) is 5.32 Å². The van der Waals surface area contributed by atoms with Crippen LogP contribution in [0.1, 0.15) is 17.0 Å². The summed E-state index contributed by atoms with van der Waals surface area (Å²) in [5.74, 6) is -0.637. The summed E-state index contributed by atoms with van der Waals surface area (Å²) >= 11 is 11.8. The van der Waals surface area contributed by atoms with E-state index in [2.05, 4.69) is 10.4 Å². The number of alkyl halides is 2. The van der Waals surface area contributed by atoms with E-state index in [4.69, 9.17) is 27.9 Å². The molecule has 1 aromatic heterocycles. The second kappa shape index (κ2) is 8.41. The minimum atomic E-state index is -2.90. The molecule has 3 rings (SSSR count). The van der Waals surface area contributed by atoms with E-state index in [1.807, 2.05) is 0 Å². The summed E-state index contributed by atoms with van der Waals surface area (Å²) in [5, 5.41) is 17.5. The molecule has 0 aliphatic carbocycles. The van der Waals surface area contributed by atoms with E-state index in [0.717, 1.165) is 24.4 Å². The van der Waals surface area contributed by atoms with Gasteiger partial charge in [0.25, 0.3) is 11.6 Å². The number of halogens is 4. The highest BCUT2D eigenvalue weighted by atomic mass is 35.5. The zero-order chi connectivity index (χ0) is 21.1. The van der Waals surface area contributed by atoms with Crippen molar-refractivity contribution in [3.05, 3.63) is 74.5 Å². The molecule has 150 valence electrons. The number of non-ortho nitro benzene ring substituents is 1. The second-order valence-electron chi connectivity index (χ2n) is 5.56. The fourth-order valence-electron chi connectivity index (χ4n) is 2.27. The number of aromatic nitrogens is 2. The van der Waals surface area contributed by atoms with Gasteiger partial charge in [0.15, 0.2) is 5.69 Å². The van der Waals surface area contributed by atoms with Gasteiger partial charge >= 0.3 is 6.55 Å². The molecule has 0 unspecified atom stereocenters. The van der Waals surface area contributed by atoms with Crippen molar-refractivity contribution in [1.29, 1.82) is 0 Å². The highest BCUT2D eigenvalue weighted by molar-refractivity contribution is 6.35. The molecule has 2 aromatic carbocycles. The van der Waals surface area contributed by atoms with Crippen LogP contribution in [0.3, 0.4) is 0 Å². The molecule has 0 spiro atoms. The molecule has 29 heavy (non-hydrogen) atoms. The summed E-state index contributed by atoms with van der Waals surface area (Å²) in [6.07, 6.45) is 0.935.